The van der Waals surface area contributed by atoms with Gasteiger partial charge in [-0.25, -0.2) is 15.0 Å². The van der Waals surface area contributed by atoms with Crippen LogP contribution < -0.4 is 15.4 Å². The molecule has 0 spiro atoms. The molecule has 0 bridgehead atoms. The molecule has 0 aliphatic carbocycles. The van der Waals surface area contributed by atoms with Gasteiger partial charge >= 0.3 is 0 Å². The fraction of sp³-hybridized carbons (Fsp3) is 0.208. The largest absolute Gasteiger partial charge is 0.480 e. The van der Waals surface area contributed by atoms with E-state index in [1.54, 1.807) is 18.3 Å². The zero-order valence-corrected chi connectivity index (χ0v) is 19.5. The van der Waals surface area contributed by atoms with Crippen LogP contribution in [0.15, 0.2) is 59.8 Å². The summed E-state index contributed by atoms with van der Waals surface area (Å²) in [5.41, 5.74) is 5.40. The summed E-state index contributed by atoms with van der Waals surface area (Å²) in [6, 6.07) is 11.6. The van der Waals surface area contributed by atoms with E-state index in [1.165, 1.54) is 6.33 Å². The molecule has 0 saturated heterocycles. The Bertz CT molecular complexity index is 1440. The average Bonchev–Trinajstić information content (AvgIpc) is 3.50. The Morgan fingerprint density at radius 1 is 1.21 bits per heavy atom. The Kier molecular flexibility index (Phi) is 6.05. The molecule has 5 rings (SSSR count). The second kappa shape index (κ2) is 9.44. The minimum atomic E-state index is -0.654. The Labute approximate surface area is 199 Å². The van der Waals surface area contributed by atoms with E-state index in [1.807, 2.05) is 65.1 Å². The highest BCUT2D eigenvalue weighted by molar-refractivity contribution is 7.07. The van der Waals surface area contributed by atoms with Crippen LogP contribution in [-0.4, -0.2) is 43.3 Å². The lowest BCUT2D eigenvalue weighted by atomic mass is 10.2. The lowest BCUT2D eigenvalue weighted by Crippen LogP contribution is -2.36. The molecular formula is C24H23N7O2S. The van der Waals surface area contributed by atoms with Gasteiger partial charge in [0.15, 0.2) is 6.10 Å². The van der Waals surface area contributed by atoms with Crippen molar-refractivity contribution >= 4 is 50.6 Å². The van der Waals surface area contributed by atoms with Crippen LogP contribution in [0.2, 0.25) is 0 Å². The number of aromatic nitrogens is 5. The van der Waals surface area contributed by atoms with Gasteiger partial charge in [0.25, 0.3) is 5.91 Å². The summed E-state index contributed by atoms with van der Waals surface area (Å²) in [7, 11) is 0. The predicted molar refractivity (Wildman–Crippen MR) is 133 cm³/mol. The van der Waals surface area contributed by atoms with Crippen molar-refractivity contribution in [2.45, 2.75) is 26.5 Å². The summed E-state index contributed by atoms with van der Waals surface area (Å²) >= 11 is 1.57. The molecule has 0 aliphatic rings. The summed E-state index contributed by atoms with van der Waals surface area (Å²) in [5, 5.41) is 14.4. The summed E-state index contributed by atoms with van der Waals surface area (Å²) in [6.45, 7) is 4.76. The van der Waals surface area contributed by atoms with Crippen LogP contribution in [0.4, 0.5) is 11.5 Å². The van der Waals surface area contributed by atoms with Gasteiger partial charge in [0.05, 0.1) is 40.4 Å². The third kappa shape index (κ3) is 4.40. The van der Waals surface area contributed by atoms with E-state index in [9.17, 15) is 4.79 Å². The molecule has 0 fully saturated rings. The zero-order chi connectivity index (χ0) is 23.5. The van der Waals surface area contributed by atoms with Crippen LogP contribution in [0.3, 0.4) is 0 Å². The molecule has 3 heterocycles. The number of thiazole rings is 1. The first-order valence-corrected chi connectivity index (χ1v) is 11.8. The highest BCUT2D eigenvalue weighted by Crippen LogP contribution is 2.32. The van der Waals surface area contributed by atoms with Gasteiger partial charge in [-0.3, -0.25) is 9.48 Å². The number of carbonyl (C=O) groups excluding carboxylic acids is 1. The number of benzene rings is 2. The van der Waals surface area contributed by atoms with Crippen molar-refractivity contribution in [3.63, 3.8) is 0 Å². The van der Waals surface area contributed by atoms with Crippen molar-refractivity contribution < 1.29 is 9.53 Å². The lowest BCUT2D eigenvalue weighted by molar-refractivity contribution is -0.127. The number of fused-ring (bicyclic) bond motifs is 2. The minimum absolute atomic E-state index is 0.175. The predicted octanol–water partition coefficient (Wildman–Crippen LogP) is 4.13. The van der Waals surface area contributed by atoms with Crippen LogP contribution in [-0.2, 0) is 11.3 Å². The second-order valence-electron chi connectivity index (χ2n) is 7.71. The summed E-state index contributed by atoms with van der Waals surface area (Å²) in [6.07, 6.45) is 2.69. The Morgan fingerprint density at radius 3 is 2.94 bits per heavy atom. The number of ether oxygens (including phenoxy) is 1. The standard InChI is InChI=1S/C24H23N7O2S/c1-3-25-24(32)15(2)33-21-6-4-5-19-22(21)23(27-13-26-19)30-17-7-8-20-16(9-17)10-29-31(20)11-18-12-34-14-28-18/h4-10,12-15H,3,11H2,1-2H3,(H,25,32)(H,26,27,30). The van der Waals surface area contributed by atoms with Crippen molar-refractivity contribution in [3.05, 3.63) is 65.5 Å². The van der Waals surface area contributed by atoms with Crippen molar-refractivity contribution in [2.75, 3.05) is 11.9 Å². The Morgan fingerprint density at radius 2 is 2.12 bits per heavy atom. The van der Waals surface area contributed by atoms with Crippen LogP contribution in [0.1, 0.15) is 19.5 Å². The van der Waals surface area contributed by atoms with E-state index in [0.717, 1.165) is 27.8 Å². The number of amides is 1. The quantitative estimate of drug-likeness (QED) is 0.349. The topological polar surface area (TPSA) is 107 Å². The van der Waals surface area contributed by atoms with Crippen LogP contribution >= 0.6 is 11.3 Å². The van der Waals surface area contributed by atoms with E-state index in [0.29, 0.717) is 30.0 Å². The number of hydrogen-bond acceptors (Lipinski definition) is 8. The van der Waals surface area contributed by atoms with Gasteiger partial charge < -0.3 is 15.4 Å². The van der Waals surface area contributed by atoms with Crippen molar-refractivity contribution in [1.82, 2.24) is 30.0 Å². The molecule has 172 valence electrons. The van der Waals surface area contributed by atoms with Gasteiger partial charge in [-0.15, -0.1) is 11.3 Å². The van der Waals surface area contributed by atoms with Crippen LogP contribution in [0, 0.1) is 0 Å². The molecule has 9 nitrogen and oxygen atoms in total. The number of nitrogens with one attached hydrogen (secondary N) is 2. The molecule has 0 saturated carbocycles. The highest BCUT2D eigenvalue weighted by Gasteiger charge is 2.17. The molecule has 3 aromatic heterocycles. The summed E-state index contributed by atoms with van der Waals surface area (Å²) in [4.78, 5) is 25.4. The lowest BCUT2D eigenvalue weighted by Gasteiger charge is -2.17. The maximum Gasteiger partial charge on any atom is 0.260 e. The van der Waals surface area contributed by atoms with Gasteiger partial charge in [0.2, 0.25) is 0 Å². The first-order valence-electron chi connectivity index (χ1n) is 10.9. The normalized spacial score (nSPS) is 12.1. The van der Waals surface area contributed by atoms with Crippen molar-refractivity contribution in [1.29, 1.82) is 0 Å². The van der Waals surface area contributed by atoms with Gasteiger partial charge in [-0.2, -0.15) is 5.10 Å². The molecule has 2 N–H and O–H groups in total. The van der Waals surface area contributed by atoms with Gasteiger partial charge in [-0.05, 0) is 44.2 Å². The summed E-state index contributed by atoms with van der Waals surface area (Å²) in [5.74, 6) is 0.959. The highest BCUT2D eigenvalue weighted by atomic mass is 32.1. The third-order valence-electron chi connectivity index (χ3n) is 5.35. The fourth-order valence-electron chi connectivity index (χ4n) is 3.73. The molecule has 0 radical (unpaired) electrons. The number of carbonyl (C=O) groups is 1. The molecule has 1 unspecified atom stereocenters. The number of hydrogen-bond donors (Lipinski definition) is 2. The van der Waals surface area contributed by atoms with E-state index in [4.69, 9.17) is 4.74 Å². The van der Waals surface area contributed by atoms with Crippen LogP contribution in [0.5, 0.6) is 5.75 Å². The van der Waals surface area contributed by atoms with Crippen molar-refractivity contribution in [2.24, 2.45) is 0 Å². The van der Waals surface area contributed by atoms with Crippen LogP contribution in [0.25, 0.3) is 21.8 Å². The number of nitrogens with zero attached hydrogens (tertiary/aromatic N) is 5. The smallest absolute Gasteiger partial charge is 0.260 e. The molecule has 1 atom stereocenters. The molecule has 2 aromatic carbocycles. The zero-order valence-electron chi connectivity index (χ0n) is 18.7. The average molecular weight is 474 g/mol. The first-order chi connectivity index (χ1) is 16.6. The first kappa shape index (κ1) is 21.8. The molecular weight excluding hydrogens is 450 g/mol. The minimum Gasteiger partial charge on any atom is -0.480 e. The third-order valence-corrected chi connectivity index (χ3v) is 5.98. The second-order valence-corrected chi connectivity index (χ2v) is 8.43. The molecule has 34 heavy (non-hydrogen) atoms. The van der Waals surface area contributed by atoms with Crippen molar-refractivity contribution in [3.8, 4) is 5.75 Å². The Hall–Kier alpha value is -4.05. The number of likely N-dealkylation sites (N-methyl/N-ethyl adjacent to an activating group) is 1. The fourth-order valence-corrected chi connectivity index (χ4v) is 4.28. The summed E-state index contributed by atoms with van der Waals surface area (Å²) < 4.78 is 7.93. The monoisotopic (exact) mass is 473 g/mol. The number of anilines is 2. The molecule has 0 aliphatic heterocycles. The van der Waals surface area contributed by atoms with Gasteiger partial charge in [0, 0.05) is 23.0 Å². The van der Waals surface area contributed by atoms with E-state index < -0.39 is 6.10 Å². The Balaban J connectivity index is 1.45. The van der Waals surface area contributed by atoms with Gasteiger partial charge in [-0.1, -0.05) is 6.07 Å². The van der Waals surface area contributed by atoms with E-state index in [2.05, 4.69) is 30.7 Å². The maximum atomic E-state index is 12.2. The number of rotatable bonds is 8. The van der Waals surface area contributed by atoms with E-state index in [-0.39, 0.29) is 5.91 Å². The molecule has 10 heteroatoms. The molecule has 5 aromatic rings. The maximum absolute atomic E-state index is 12.2. The van der Waals surface area contributed by atoms with E-state index >= 15 is 0 Å². The SMILES string of the molecule is CCNC(=O)C(C)Oc1cccc2ncnc(Nc3ccc4c(cnn4Cc4cscn4)c3)c12. The van der Waals surface area contributed by atoms with Gasteiger partial charge in [0.1, 0.15) is 17.9 Å². The molecule has 1 amide bonds.